The van der Waals surface area contributed by atoms with Crippen LogP contribution < -0.4 is 10.6 Å². The molecule has 1 amide bonds. The van der Waals surface area contributed by atoms with Crippen LogP contribution in [0, 0.1) is 5.82 Å². The number of carbonyl (C=O) groups is 1. The summed E-state index contributed by atoms with van der Waals surface area (Å²) in [6.45, 7) is 3.56. The third-order valence-corrected chi connectivity index (χ3v) is 3.15. The van der Waals surface area contributed by atoms with Crippen molar-refractivity contribution in [3.05, 3.63) is 35.6 Å². The second-order valence-corrected chi connectivity index (χ2v) is 4.48. The molecule has 2 unspecified atom stereocenters. The molecule has 1 aromatic carbocycles. The van der Waals surface area contributed by atoms with E-state index in [0.717, 1.165) is 19.5 Å². The molecule has 100 valence electrons. The third-order valence-electron chi connectivity index (χ3n) is 3.15. The second kappa shape index (κ2) is 6.71. The third kappa shape index (κ3) is 3.68. The SMILES string of the molecule is CC(C(=O)NC1CCNC1)c1cccc(F)c1.Cl. The van der Waals surface area contributed by atoms with Gasteiger partial charge in [-0.3, -0.25) is 4.79 Å². The number of hydrogen-bond acceptors (Lipinski definition) is 2. The predicted octanol–water partition coefficient (Wildman–Crippen LogP) is 1.83. The van der Waals surface area contributed by atoms with Gasteiger partial charge >= 0.3 is 0 Å². The van der Waals surface area contributed by atoms with E-state index in [-0.39, 0.29) is 36.1 Å². The van der Waals surface area contributed by atoms with E-state index < -0.39 is 0 Å². The van der Waals surface area contributed by atoms with Crippen molar-refractivity contribution in [1.29, 1.82) is 0 Å². The highest BCUT2D eigenvalue weighted by molar-refractivity contribution is 5.85. The van der Waals surface area contributed by atoms with Gasteiger partial charge in [-0.1, -0.05) is 12.1 Å². The van der Waals surface area contributed by atoms with E-state index in [4.69, 9.17) is 0 Å². The Kier molecular flexibility index (Phi) is 5.56. The maximum absolute atomic E-state index is 13.1. The van der Waals surface area contributed by atoms with Crippen molar-refractivity contribution in [2.75, 3.05) is 13.1 Å². The quantitative estimate of drug-likeness (QED) is 0.881. The van der Waals surface area contributed by atoms with Gasteiger partial charge in [0.05, 0.1) is 5.92 Å². The van der Waals surface area contributed by atoms with Crippen LogP contribution in [0.3, 0.4) is 0 Å². The highest BCUT2D eigenvalue weighted by Gasteiger charge is 2.21. The Morgan fingerprint density at radius 3 is 2.94 bits per heavy atom. The molecule has 1 saturated heterocycles. The van der Waals surface area contributed by atoms with E-state index in [1.54, 1.807) is 19.1 Å². The summed E-state index contributed by atoms with van der Waals surface area (Å²) in [5.74, 6) is -0.653. The van der Waals surface area contributed by atoms with Crippen LogP contribution in [0.1, 0.15) is 24.8 Å². The molecule has 5 heteroatoms. The first kappa shape index (κ1) is 14.9. The van der Waals surface area contributed by atoms with Gasteiger partial charge in [0.25, 0.3) is 0 Å². The molecule has 3 nitrogen and oxygen atoms in total. The minimum absolute atomic E-state index is 0. The molecule has 2 rings (SSSR count). The minimum Gasteiger partial charge on any atom is -0.352 e. The predicted molar refractivity (Wildman–Crippen MR) is 71.5 cm³/mol. The fourth-order valence-electron chi connectivity index (χ4n) is 2.03. The molecule has 1 aliphatic rings. The smallest absolute Gasteiger partial charge is 0.227 e. The van der Waals surface area contributed by atoms with Gasteiger partial charge in [-0.25, -0.2) is 4.39 Å². The van der Waals surface area contributed by atoms with Crippen molar-refractivity contribution in [2.24, 2.45) is 0 Å². The van der Waals surface area contributed by atoms with E-state index in [1.165, 1.54) is 12.1 Å². The molecule has 0 saturated carbocycles. The number of benzene rings is 1. The lowest BCUT2D eigenvalue weighted by atomic mass is 10.00. The molecule has 18 heavy (non-hydrogen) atoms. The second-order valence-electron chi connectivity index (χ2n) is 4.48. The number of halogens is 2. The maximum Gasteiger partial charge on any atom is 0.227 e. The fourth-order valence-corrected chi connectivity index (χ4v) is 2.03. The first-order chi connectivity index (χ1) is 8.16. The van der Waals surface area contributed by atoms with Gasteiger partial charge < -0.3 is 10.6 Å². The average Bonchev–Trinajstić information content (AvgIpc) is 2.80. The van der Waals surface area contributed by atoms with Crippen molar-refractivity contribution < 1.29 is 9.18 Å². The molecule has 1 aromatic rings. The normalized spacial score (nSPS) is 20.0. The zero-order valence-electron chi connectivity index (χ0n) is 10.3. The summed E-state index contributed by atoms with van der Waals surface area (Å²) in [5.41, 5.74) is 0.716. The monoisotopic (exact) mass is 272 g/mol. The average molecular weight is 273 g/mol. The summed E-state index contributed by atoms with van der Waals surface area (Å²) in [6, 6.07) is 6.41. The molecule has 1 fully saturated rings. The zero-order chi connectivity index (χ0) is 12.3. The molecular formula is C13H18ClFN2O. The largest absolute Gasteiger partial charge is 0.352 e. The summed E-state index contributed by atoms with van der Waals surface area (Å²) < 4.78 is 13.1. The summed E-state index contributed by atoms with van der Waals surface area (Å²) in [4.78, 5) is 11.9. The van der Waals surface area contributed by atoms with Crippen LogP contribution in [0.4, 0.5) is 4.39 Å². The number of hydrogen-bond donors (Lipinski definition) is 2. The Labute approximate surface area is 113 Å². The first-order valence-corrected chi connectivity index (χ1v) is 5.93. The summed E-state index contributed by atoms with van der Waals surface area (Å²) >= 11 is 0. The summed E-state index contributed by atoms with van der Waals surface area (Å²) in [7, 11) is 0. The molecule has 2 N–H and O–H groups in total. The standard InChI is InChI=1S/C13H17FN2O.ClH/c1-9(10-3-2-4-11(14)7-10)13(17)16-12-5-6-15-8-12;/h2-4,7,9,12,15H,5-6,8H2,1H3,(H,16,17);1H. The van der Waals surface area contributed by atoms with E-state index >= 15 is 0 Å². The van der Waals surface area contributed by atoms with E-state index in [0.29, 0.717) is 5.56 Å². The number of amides is 1. The Morgan fingerprint density at radius 1 is 1.56 bits per heavy atom. The van der Waals surface area contributed by atoms with Crippen LogP contribution >= 0.6 is 12.4 Å². The Bertz CT molecular complexity index is 408. The van der Waals surface area contributed by atoms with Gasteiger partial charge in [0.15, 0.2) is 0 Å². The minimum atomic E-state index is -0.314. The number of rotatable bonds is 3. The van der Waals surface area contributed by atoms with Crippen molar-refractivity contribution in [2.45, 2.75) is 25.3 Å². The fraction of sp³-hybridized carbons (Fsp3) is 0.462. The van der Waals surface area contributed by atoms with Gasteiger partial charge in [-0.05, 0) is 37.6 Å². The van der Waals surface area contributed by atoms with Crippen LogP contribution in [0.5, 0.6) is 0 Å². The highest BCUT2D eigenvalue weighted by atomic mass is 35.5. The Hall–Kier alpha value is -1.13. The van der Waals surface area contributed by atoms with Crippen molar-refractivity contribution in [3.63, 3.8) is 0 Å². The number of nitrogens with one attached hydrogen (secondary N) is 2. The number of carbonyl (C=O) groups excluding carboxylic acids is 1. The topological polar surface area (TPSA) is 41.1 Å². The summed E-state index contributed by atoms with van der Waals surface area (Å²) in [6.07, 6.45) is 0.960. The Morgan fingerprint density at radius 2 is 2.33 bits per heavy atom. The van der Waals surface area contributed by atoms with E-state index in [1.807, 2.05) is 0 Å². The van der Waals surface area contributed by atoms with Crippen molar-refractivity contribution in [1.82, 2.24) is 10.6 Å². The van der Waals surface area contributed by atoms with Gasteiger partial charge in [-0.2, -0.15) is 0 Å². The zero-order valence-corrected chi connectivity index (χ0v) is 11.1. The lowest BCUT2D eigenvalue weighted by Crippen LogP contribution is -2.38. The van der Waals surface area contributed by atoms with Crippen molar-refractivity contribution >= 4 is 18.3 Å². The van der Waals surface area contributed by atoms with Gasteiger partial charge in [-0.15, -0.1) is 12.4 Å². The molecule has 0 aliphatic carbocycles. The van der Waals surface area contributed by atoms with Gasteiger partial charge in [0, 0.05) is 12.6 Å². The van der Waals surface area contributed by atoms with Crippen LogP contribution in [0.25, 0.3) is 0 Å². The highest BCUT2D eigenvalue weighted by Crippen LogP contribution is 2.16. The van der Waals surface area contributed by atoms with Crippen molar-refractivity contribution in [3.8, 4) is 0 Å². The van der Waals surface area contributed by atoms with Gasteiger partial charge in [0.2, 0.25) is 5.91 Å². The van der Waals surface area contributed by atoms with Crippen LogP contribution in [-0.4, -0.2) is 25.0 Å². The molecule has 0 bridgehead atoms. The molecule has 1 heterocycles. The lowest BCUT2D eigenvalue weighted by Gasteiger charge is -2.16. The molecule has 2 atom stereocenters. The van der Waals surface area contributed by atoms with Crippen LogP contribution in [0.15, 0.2) is 24.3 Å². The van der Waals surface area contributed by atoms with Crippen LogP contribution in [0.2, 0.25) is 0 Å². The maximum atomic E-state index is 13.1. The molecule has 0 aromatic heterocycles. The molecule has 0 spiro atoms. The first-order valence-electron chi connectivity index (χ1n) is 5.93. The van der Waals surface area contributed by atoms with E-state index in [2.05, 4.69) is 10.6 Å². The molecule has 1 aliphatic heterocycles. The van der Waals surface area contributed by atoms with Gasteiger partial charge in [0.1, 0.15) is 5.82 Å². The molecular weight excluding hydrogens is 255 g/mol. The lowest BCUT2D eigenvalue weighted by molar-refractivity contribution is -0.122. The van der Waals surface area contributed by atoms with E-state index in [9.17, 15) is 9.18 Å². The summed E-state index contributed by atoms with van der Waals surface area (Å²) in [5, 5.41) is 6.16. The molecule has 0 radical (unpaired) electrons. The van der Waals surface area contributed by atoms with Crippen LogP contribution in [-0.2, 0) is 4.79 Å². The Balaban J connectivity index is 0.00000162.